The van der Waals surface area contributed by atoms with Crippen LogP contribution in [0.15, 0.2) is 41.6 Å². The first-order chi connectivity index (χ1) is 12.1. The van der Waals surface area contributed by atoms with E-state index < -0.39 is 9.84 Å². The molecule has 0 amide bonds. The van der Waals surface area contributed by atoms with Gasteiger partial charge < -0.3 is 10.4 Å². The van der Waals surface area contributed by atoms with Gasteiger partial charge in [0.2, 0.25) is 0 Å². The Morgan fingerprint density at radius 1 is 1.20 bits per heavy atom. The number of anilines is 2. The van der Waals surface area contributed by atoms with E-state index in [9.17, 15) is 8.42 Å². The number of aromatic nitrogens is 2. The van der Waals surface area contributed by atoms with Crippen LogP contribution in [0.3, 0.4) is 0 Å². The van der Waals surface area contributed by atoms with E-state index in [1.807, 2.05) is 24.3 Å². The molecule has 0 bridgehead atoms. The molecule has 0 saturated carbocycles. The van der Waals surface area contributed by atoms with Gasteiger partial charge in [-0.3, -0.25) is 5.43 Å². The summed E-state index contributed by atoms with van der Waals surface area (Å²) >= 11 is 0. The number of hydrazine groups is 1. The molecule has 2 aromatic rings. The second kappa shape index (κ2) is 7.45. The van der Waals surface area contributed by atoms with E-state index in [1.54, 1.807) is 18.5 Å². The molecule has 10 heteroatoms. The summed E-state index contributed by atoms with van der Waals surface area (Å²) in [5.74, 6) is 0.513. The first-order valence-electron chi connectivity index (χ1n) is 7.66. The standard InChI is InChI=1S/C15H18N6O3S/c22-9-11-25(23,24)10-8-16-14-12-4-1-2-5-13(12)19-15(20-14)21-17-6-3-7-18-21/h1-7,17,22H,8-11H2,(H,16,19,20). The number of allylic oxidation sites excluding steroid dienone is 1. The zero-order chi connectivity index (χ0) is 17.7. The van der Waals surface area contributed by atoms with Gasteiger partial charge in [0.15, 0.2) is 9.84 Å². The van der Waals surface area contributed by atoms with Gasteiger partial charge in [0.1, 0.15) is 5.82 Å². The lowest BCUT2D eigenvalue weighted by Crippen LogP contribution is -2.32. The second-order valence-electron chi connectivity index (χ2n) is 5.26. The minimum Gasteiger partial charge on any atom is -0.395 e. The Bertz CT molecular complexity index is 913. The van der Waals surface area contributed by atoms with Crippen LogP contribution in [0.25, 0.3) is 10.9 Å². The van der Waals surface area contributed by atoms with Crippen LogP contribution in [-0.2, 0) is 9.84 Å². The summed E-state index contributed by atoms with van der Waals surface area (Å²) in [6, 6.07) is 7.43. The normalized spacial score (nSPS) is 13.9. The Balaban J connectivity index is 1.85. The molecule has 1 aromatic carbocycles. The Labute approximate surface area is 145 Å². The molecular formula is C15H18N6O3S. The highest BCUT2D eigenvalue weighted by molar-refractivity contribution is 7.91. The zero-order valence-corrected chi connectivity index (χ0v) is 14.1. The minimum atomic E-state index is -3.30. The Kier molecular flexibility index (Phi) is 5.10. The number of fused-ring (bicyclic) bond motifs is 1. The van der Waals surface area contributed by atoms with E-state index >= 15 is 0 Å². The quantitative estimate of drug-likeness (QED) is 0.642. The smallest absolute Gasteiger partial charge is 0.268 e. The van der Waals surface area contributed by atoms with Crippen LogP contribution in [-0.4, -0.2) is 54.4 Å². The first kappa shape index (κ1) is 17.1. The minimum absolute atomic E-state index is 0.0932. The fraction of sp³-hybridized carbons (Fsp3) is 0.267. The number of aliphatic hydroxyl groups is 1. The topological polar surface area (TPSA) is 120 Å². The molecule has 0 unspecified atom stereocenters. The van der Waals surface area contributed by atoms with E-state index in [0.29, 0.717) is 17.3 Å². The van der Waals surface area contributed by atoms with Crippen molar-refractivity contribution < 1.29 is 13.5 Å². The number of aliphatic hydroxyl groups excluding tert-OH is 1. The van der Waals surface area contributed by atoms with Crippen LogP contribution in [0.2, 0.25) is 0 Å². The number of sulfone groups is 1. The molecule has 1 aliphatic rings. The monoisotopic (exact) mass is 362 g/mol. The molecule has 0 aliphatic carbocycles. The second-order valence-corrected chi connectivity index (χ2v) is 7.56. The van der Waals surface area contributed by atoms with Gasteiger partial charge in [0.05, 0.1) is 29.8 Å². The van der Waals surface area contributed by atoms with E-state index in [2.05, 4.69) is 25.8 Å². The molecule has 25 heavy (non-hydrogen) atoms. The summed E-state index contributed by atoms with van der Waals surface area (Å²) < 4.78 is 23.4. The predicted octanol–water partition coefficient (Wildman–Crippen LogP) is 0.273. The molecule has 0 atom stereocenters. The highest BCUT2D eigenvalue weighted by Crippen LogP contribution is 2.23. The van der Waals surface area contributed by atoms with Crippen molar-refractivity contribution >= 4 is 38.7 Å². The van der Waals surface area contributed by atoms with Crippen molar-refractivity contribution in [3.05, 3.63) is 36.5 Å². The first-order valence-corrected chi connectivity index (χ1v) is 9.48. The van der Waals surface area contributed by atoms with Crippen LogP contribution in [0.4, 0.5) is 11.8 Å². The van der Waals surface area contributed by atoms with Crippen molar-refractivity contribution in [3.63, 3.8) is 0 Å². The van der Waals surface area contributed by atoms with Gasteiger partial charge in [0.25, 0.3) is 5.95 Å². The maximum absolute atomic E-state index is 11.7. The maximum Gasteiger partial charge on any atom is 0.268 e. The molecular weight excluding hydrogens is 344 g/mol. The molecule has 0 saturated heterocycles. The van der Waals surface area contributed by atoms with Crippen LogP contribution >= 0.6 is 0 Å². The average molecular weight is 362 g/mol. The highest BCUT2D eigenvalue weighted by atomic mass is 32.2. The molecule has 3 N–H and O–H groups in total. The fourth-order valence-electron chi connectivity index (χ4n) is 2.26. The number of nitrogens with one attached hydrogen (secondary N) is 2. The number of hydrazone groups is 1. The van der Waals surface area contributed by atoms with Crippen molar-refractivity contribution in [2.75, 3.05) is 35.1 Å². The van der Waals surface area contributed by atoms with E-state index in [-0.39, 0.29) is 24.7 Å². The van der Waals surface area contributed by atoms with Gasteiger partial charge >= 0.3 is 0 Å². The largest absolute Gasteiger partial charge is 0.395 e. The van der Waals surface area contributed by atoms with E-state index in [1.165, 1.54) is 5.12 Å². The fourth-order valence-corrected chi connectivity index (χ4v) is 3.16. The Morgan fingerprint density at radius 3 is 2.80 bits per heavy atom. The molecule has 132 valence electrons. The zero-order valence-electron chi connectivity index (χ0n) is 13.3. The SMILES string of the molecule is O=S(=O)(CCO)CCNc1nc(N2N=CC=CN2)nc2ccccc12. The highest BCUT2D eigenvalue weighted by Gasteiger charge is 2.14. The number of para-hydroxylation sites is 1. The summed E-state index contributed by atoms with van der Waals surface area (Å²) in [5.41, 5.74) is 3.61. The van der Waals surface area contributed by atoms with Gasteiger partial charge in [-0.25, -0.2) is 13.4 Å². The third-order valence-corrected chi connectivity index (χ3v) is 5.08. The van der Waals surface area contributed by atoms with Crippen molar-refractivity contribution in [3.8, 4) is 0 Å². The van der Waals surface area contributed by atoms with Crippen LogP contribution < -0.4 is 15.9 Å². The summed E-state index contributed by atoms with van der Waals surface area (Å²) in [4.78, 5) is 8.90. The molecule has 3 rings (SSSR count). The van der Waals surface area contributed by atoms with Crippen molar-refractivity contribution in [1.82, 2.24) is 15.4 Å². The number of nitrogens with zero attached hydrogens (tertiary/aromatic N) is 4. The molecule has 0 radical (unpaired) electrons. The third kappa shape index (κ3) is 4.22. The lowest BCUT2D eigenvalue weighted by Gasteiger charge is -2.19. The molecule has 1 aliphatic heterocycles. The Morgan fingerprint density at radius 2 is 2.04 bits per heavy atom. The van der Waals surface area contributed by atoms with Crippen LogP contribution in [0, 0.1) is 0 Å². The summed E-state index contributed by atoms with van der Waals surface area (Å²) in [7, 11) is -3.30. The van der Waals surface area contributed by atoms with Gasteiger partial charge in [-0.2, -0.15) is 10.1 Å². The van der Waals surface area contributed by atoms with Gasteiger partial charge in [-0.05, 0) is 18.2 Å². The Hall–Kier alpha value is -2.72. The molecule has 9 nitrogen and oxygen atoms in total. The number of hydrogen-bond acceptors (Lipinski definition) is 9. The van der Waals surface area contributed by atoms with Gasteiger partial charge in [-0.1, -0.05) is 12.1 Å². The van der Waals surface area contributed by atoms with Gasteiger partial charge in [-0.15, -0.1) is 5.12 Å². The summed E-state index contributed by atoms with van der Waals surface area (Å²) in [6.45, 7) is -0.200. The van der Waals surface area contributed by atoms with Crippen molar-refractivity contribution in [2.24, 2.45) is 5.10 Å². The molecule has 1 aromatic heterocycles. The third-order valence-electron chi connectivity index (χ3n) is 3.45. The van der Waals surface area contributed by atoms with E-state index in [0.717, 1.165) is 5.39 Å². The average Bonchev–Trinajstić information content (AvgIpc) is 2.62. The number of rotatable bonds is 7. The summed E-state index contributed by atoms with van der Waals surface area (Å²) in [6.07, 6.45) is 5.03. The van der Waals surface area contributed by atoms with E-state index in [4.69, 9.17) is 5.11 Å². The maximum atomic E-state index is 11.7. The van der Waals surface area contributed by atoms with Crippen molar-refractivity contribution in [1.29, 1.82) is 0 Å². The summed E-state index contributed by atoms with van der Waals surface area (Å²) in [5, 5.41) is 18.2. The number of benzene rings is 1. The molecule has 0 spiro atoms. The van der Waals surface area contributed by atoms with Gasteiger partial charge in [0, 0.05) is 18.1 Å². The lowest BCUT2D eigenvalue weighted by molar-refractivity contribution is 0.319. The lowest BCUT2D eigenvalue weighted by atomic mass is 10.2. The number of hydrogen-bond donors (Lipinski definition) is 3. The molecule has 0 fully saturated rings. The van der Waals surface area contributed by atoms with Crippen LogP contribution in [0.1, 0.15) is 0 Å². The van der Waals surface area contributed by atoms with Crippen molar-refractivity contribution in [2.45, 2.75) is 0 Å². The van der Waals surface area contributed by atoms with Crippen LogP contribution in [0.5, 0.6) is 0 Å². The predicted molar refractivity (Wildman–Crippen MR) is 97.0 cm³/mol. The molecule has 2 heterocycles.